The molecule has 0 radical (unpaired) electrons. The van der Waals surface area contributed by atoms with Crippen LogP contribution in [0.3, 0.4) is 0 Å². The van der Waals surface area contributed by atoms with Gasteiger partial charge in [0.2, 0.25) is 0 Å². The molecule has 22 heavy (non-hydrogen) atoms. The molecule has 4 heteroatoms. The lowest BCUT2D eigenvalue weighted by Gasteiger charge is -2.33. The zero-order valence-corrected chi connectivity index (χ0v) is 15.5. The van der Waals surface area contributed by atoms with Gasteiger partial charge in [0, 0.05) is 0 Å². The zero-order valence-electron chi connectivity index (χ0n) is 14.6. The van der Waals surface area contributed by atoms with Crippen molar-refractivity contribution in [1.82, 2.24) is 4.72 Å². The van der Waals surface area contributed by atoms with Gasteiger partial charge in [0.1, 0.15) is 0 Å². The van der Waals surface area contributed by atoms with Gasteiger partial charge in [-0.25, -0.2) is 8.93 Å². The van der Waals surface area contributed by atoms with Crippen LogP contribution in [0.2, 0.25) is 0 Å². The van der Waals surface area contributed by atoms with Crippen LogP contribution in [0.1, 0.15) is 59.4 Å². The summed E-state index contributed by atoms with van der Waals surface area (Å²) in [6, 6.07) is 10.2. The largest absolute Gasteiger partial charge is 0.375 e. The molecule has 0 amide bonds. The standard InChI is InChI=1S/C18H31NO2S/c1-6-7-13-18(5,19-22(20)17(2,3)4)15-21-14-16-11-9-8-10-12-16/h8-12,19H,6-7,13-15H2,1-5H3/t18-,22?/m0/s1. The van der Waals surface area contributed by atoms with Crippen molar-refractivity contribution < 1.29 is 8.95 Å². The van der Waals surface area contributed by atoms with Crippen LogP contribution in [0.15, 0.2) is 30.3 Å². The Morgan fingerprint density at radius 2 is 1.77 bits per heavy atom. The lowest BCUT2D eigenvalue weighted by molar-refractivity contribution is 0.0692. The molecular formula is C18H31NO2S. The molecule has 0 bridgehead atoms. The van der Waals surface area contributed by atoms with E-state index in [9.17, 15) is 4.21 Å². The first-order chi connectivity index (χ1) is 10.3. The van der Waals surface area contributed by atoms with E-state index in [0.717, 1.165) is 24.8 Å². The summed E-state index contributed by atoms with van der Waals surface area (Å²) in [5.74, 6) is 0. The van der Waals surface area contributed by atoms with Crippen LogP contribution in [-0.2, 0) is 22.3 Å². The molecule has 1 rings (SSSR count). The molecular weight excluding hydrogens is 294 g/mol. The predicted molar refractivity (Wildman–Crippen MR) is 95.1 cm³/mol. The van der Waals surface area contributed by atoms with E-state index in [-0.39, 0.29) is 10.3 Å². The normalized spacial score (nSPS) is 16.2. The summed E-state index contributed by atoms with van der Waals surface area (Å²) >= 11 is 0. The lowest BCUT2D eigenvalue weighted by Crippen LogP contribution is -2.51. The van der Waals surface area contributed by atoms with E-state index in [2.05, 4.69) is 30.7 Å². The third-order valence-corrected chi connectivity index (χ3v) is 5.30. The van der Waals surface area contributed by atoms with Crippen LogP contribution in [0.25, 0.3) is 0 Å². The van der Waals surface area contributed by atoms with Crippen LogP contribution in [-0.4, -0.2) is 21.1 Å². The molecule has 1 aromatic carbocycles. The van der Waals surface area contributed by atoms with E-state index in [1.807, 2.05) is 39.0 Å². The van der Waals surface area contributed by atoms with Gasteiger partial charge in [-0.15, -0.1) is 0 Å². The number of rotatable bonds is 9. The summed E-state index contributed by atoms with van der Waals surface area (Å²) in [6.45, 7) is 11.4. The Hall–Kier alpha value is -0.710. The average molecular weight is 326 g/mol. The minimum atomic E-state index is -1.09. The molecule has 0 heterocycles. The van der Waals surface area contributed by atoms with Gasteiger partial charge in [-0.1, -0.05) is 50.1 Å². The van der Waals surface area contributed by atoms with Gasteiger partial charge in [0.05, 0.1) is 34.5 Å². The molecule has 1 aromatic rings. The summed E-state index contributed by atoms with van der Waals surface area (Å²) in [6.07, 6.45) is 3.18. The van der Waals surface area contributed by atoms with Crippen molar-refractivity contribution in [3.05, 3.63) is 35.9 Å². The van der Waals surface area contributed by atoms with E-state index in [1.165, 1.54) is 0 Å². The number of ether oxygens (including phenoxy) is 1. The average Bonchev–Trinajstić information content (AvgIpc) is 2.45. The Morgan fingerprint density at radius 3 is 2.32 bits per heavy atom. The number of hydrogen-bond donors (Lipinski definition) is 1. The topological polar surface area (TPSA) is 38.3 Å². The summed E-state index contributed by atoms with van der Waals surface area (Å²) in [5, 5.41) is 0. The van der Waals surface area contributed by atoms with E-state index < -0.39 is 11.0 Å². The highest BCUT2D eigenvalue weighted by molar-refractivity contribution is 7.84. The second kappa shape index (κ2) is 8.80. The van der Waals surface area contributed by atoms with Gasteiger partial charge in [0.15, 0.2) is 0 Å². The van der Waals surface area contributed by atoms with Crippen LogP contribution in [0.5, 0.6) is 0 Å². The first-order valence-corrected chi connectivity index (χ1v) is 9.23. The Labute approximate surface area is 138 Å². The fraction of sp³-hybridized carbons (Fsp3) is 0.667. The SMILES string of the molecule is CCCC[C@@](C)(COCc1ccccc1)NS(=O)C(C)(C)C. The molecule has 1 unspecified atom stereocenters. The third kappa shape index (κ3) is 7.03. The molecule has 3 nitrogen and oxygen atoms in total. The molecule has 0 saturated heterocycles. The van der Waals surface area contributed by atoms with Crippen molar-refractivity contribution in [2.45, 2.75) is 70.8 Å². The van der Waals surface area contributed by atoms with E-state index in [0.29, 0.717) is 13.2 Å². The Balaban J connectivity index is 2.60. The van der Waals surface area contributed by atoms with Gasteiger partial charge in [-0.3, -0.25) is 0 Å². The van der Waals surface area contributed by atoms with Crippen molar-refractivity contribution in [3.8, 4) is 0 Å². The first kappa shape index (κ1) is 19.3. The molecule has 0 aliphatic carbocycles. The highest BCUT2D eigenvalue weighted by atomic mass is 32.2. The molecule has 1 N–H and O–H groups in total. The molecule has 0 aromatic heterocycles. The number of benzene rings is 1. The Morgan fingerprint density at radius 1 is 1.14 bits per heavy atom. The van der Waals surface area contributed by atoms with Crippen molar-refractivity contribution in [2.24, 2.45) is 0 Å². The maximum Gasteiger partial charge on any atom is 0.0976 e. The maximum absolute atomic E-state index is 12.4. The van der Waals surface area contributed by atoms with Crippen LogP contribution in [0.4, 0.5) is 0 Å². The van der Waals surface area contributed by atoms with Crippen molar-refractivity contribution in [3.63, 3.8) is 0 Å². The summed E-state index contributed by atoms with van der Waals surface area (Å²) < 4.78 is 21.4. The first-order valence-electron chi connectivity index (χ1n) is 8.08. The van der Waals surface area contributed by atoms with Crippen LogP contribution in [0, 0.1) is 0 Å². The van der Waals surface area contributed by atoms with Gasteiger partial charge in [-0.05, 0) is 39.7 Å². The summed E-state index contributed by atoms with van der Waals surface area (Å²) in [5.41, 5.74) is 0.903. The Kier molecular flexibility index (Phi) is 7.74. The smallest absolute Gasteiger partial charge is 0.0976 e. The highest BCUT2D eigenvalue weighted by Crippen LogP contribution is 2.20. The highest BCUT2D eigenvalue weighted by Gasteiger charge is 2.30. The van der Waals surface area contributed by atoms with E-state index in [1.54, 1.807) is 0 Å². The zero-order chi connectivity index (χ0) is 16.6. The molecule has 0 saturated carbocycles. The quantitative estimate of drug-likeness (QED) is 0.739. The number of hydrogen-bond acceptors (Lipinski definition) is 2. The fourth-order valence-corrected chi connectivity index (χ4v) is 2.98. The van der Waals surface area contributed by atoms with Crippen molar-refractivity contribution >= 4 is 11.0 Å². The fourth-order valence-electron chi connectivity index (χ4n) is 2.06. The van der Waals surface area contributed by atoms with Gasteiger partial charge >= 0.3 is 0 Å². The van der Waals surface area contributed by atoms with Gasteiger partial charge in [0.25, 0.3) is 0 Å². The molecule has 0 aliphatic rings. The second-order valence-electron chi connectivity index (χ2n) is 7.13. The Bertz CT molecular complexity index is 456. The second-order valence-corrected chi connectivity index (χ2v) is 9.09. The number of unbranched alkanes of at least 4 members (excludes halogenated alkanes) is 1. The van der Waals surface area contributed by atoms with E-state index >= 15 is 0 Å². The van der Waals surface area contributed by atoms with Crippen molar-refractivity contribution in [2.75, 3.05) is 6.61 Å². The molecule has 2 atom stereocenters. The monoisotopic (exact) mass is 325 g/mol. The van der Waals surface area contributed by atoms with Gasteiger partial charge in [-0.2, -0.15) is 0 Å². The minimum absolute atomic E-state index is 0.261. The minimum Gasteiger partial charge on any atom is -0.375 e. The third-order valence-electron chi connectivity index (χ3n) is 3.51. The molecule has 126 valence electrons. The van der Waals surface area contributed by atoms with Crippen molar-refractivity contribution in [1.29, 1.82) is 0 Å². The van der Waals surface area contributed by atoms with Crippen LogP contribution < -0.4 is 4.72 Å². The predicted octanol–water partition coefficient (Wildman–Crippen LogP) is 4.20. The number of nitrogens with one attached hydrogen (secondary N) is 1. The summed E-state index contributed by atoms with van der Waals surface area (Å²) in [4.78, 5) is 0. The van der Waals surface area contributed by atoms with Crippen LogP contribution >= 0.6 is 0 Å². The van der Waals surface area contributed by atoms with E-state index in [4.69, 9.17) is 4.74 Å². The molecule has 0 fully saturated rings. The molecule has 0 aliphatic heterocycles. The summed E-state index contributed by atoms with van der Waals surface area (Å²) in [7, 11) is -1.09. The molecule has 0 spiro atoms. The van der Waals surface area contributed by atoms with Gasteiger partial charge < -0.3 is 4.74 Å². The lowest BCUT2D eigenvalue weighted by atomic mass is 9.97. The maximum atomic E-state index is 12.4.